The van der Waals surface area contributed by atoms with Crippen LogP contribution in [0.5, 0.6) is 0 Å². The Balaban J connectivity index is 2.37. The van der Waals surface area contributed by atoms with Gasteiger partial charge in [-0.1, -0.05) is 37.7 Å². The van der Waals surface area contributed by atoms with Gasteiger partial charge < -0.3 is 10.1 Å². The maximum Gasteiger partial charge on any atom is 0.408 e. The molecule has 146 valence electrons. The highest BCUT2D eigenvalue weighted by Crippen LogP contribution is 2.21. The Morgan fingerprint density at radius 1 is 1.44 bits per heavy atom. The highest BCUT2D eigenvalue weighted by molar-refractivity contribution is 7.80. The van der Waals surface area contributed by atoms with Gasteiger partial charge in [-0.3, -0.25) is 10.1 Å². The van der Waals surface area contributed by atoms with E-state index in [9.17, 15) is 14.9 Å². The number of rotatable bonds is 5. The fraction of sp³-hybridized carbons (Fsp3) is 0.529. The number of ether oxygens (including phenoxy) is 1. The van der Waals surface area contributed by atoms with Crippen LogP contribution < -0.4 is 5.32 Å². The molecular weight excluding hydrogens is 370 g/mol. The Bertz CT molecular complexity index is 874. The Morgan fingerprint density at radius 3 is 2.67 bits per heavy atom. The predicted molar refractivity (Wildman–Crippen MR) is 105 cm³/mol. The highest BCUT2D eigenvalue weighted by Gasteiger charge is 2.28. The van der Waals surface area contributed by atoms with Crippen molar-refractivity contribution in [3.63, 3.8) is 0 Å². The normalized spacial score (nSPS) is 13.8. The molecule has 9 nitrogen and oxygen atoms in total. The minimum atomic E-state index is -0.647. The van der Waals surface area contributed by atoms with Crippen molar-refractivity contribution in [1.82, 2.24) is 20.3 Å². The van der Waals surface area contributed by atoms with Crippen molar-refractivity contribution < 1.29 is 14.5 Å². The van der Waals surface area contributed by atoms with Crippen LogP contribution in [0.4, 0.5) is 10.5 Å². The summed E-state index contributed by atoms with van der Waals surface area (Å²) < 4.78 is 6.68. The Labute approximate surface area is 162 Å². The van der Waals surface area contributed by atoms with E-state index < -0.39 is 22.7 Å². The summed E-state index contributed by atoms with van der Waals surface area (Å²) in [5, 5.41) is 21.9. The lowest BCUT2D eigenvalue weighted by molar-refractivity contribution is -0.384. The van der Waals surface area contributed by atoms with E-state index in [4.69, 9.17) is 17.0 Å². The number of nitrogens with zero attached hydrogens (tertiary/aromatic N) is 4. The molecule has 2 rings (SSSR count). The van der Waals surface area contributed by atoms with Gasteiger partial charge >= 0.3 is 6.09 Å². The van der Waals surface area contributed by atoms with E-state index in [0.29, 0.717) is 16.0 Å². The minimum Gasteiger partial charge on any atom is -0.444 e. The fourth-order valence-electron chi connectivity index (χ4n) is 2.43. The molecule has 2 unspecified atom stereocenters. The van der Waals surface area contributed by atoms with Crippen LogP contribution in [0.25, 0.3) is 11.0 Å². The van der Waals surface area contributed by atoms with Crippen LogP contribution in [0.2, 0.25) is 0 Å². The second-order valence-corrected chi connectivity index (χ2v) is 7.70. The number of alkyl carbamates (subject to hydrolysis) is 1. The zero-order valence-electron chi connectivity index (χ0n) is 15.9. The number of nitro groups is 1. The first kappa shape index (κ1) is 20.7. The first-order valence-corrected chi connectivity index (χ1v) is 8.98. The van der Waals surface area contributed by atoms with Gasteiger partial charge in [0, 0.05) is 12.1 Å². The van der Waals surface area contributed by atoms with Crippen LogP contribution in [0.15, 0.2) is 18.2 Å². The van der Waals surface area contributed by atoms with Crippen molar-refractivity contribution in [3.8, 4) is 0 Å². The predicted octanol–water partition coefficient (Wildman–Crippen LogP) is 3.45. The van der Waals surface area contributed by atoms with Crippen LogP contribution in [-0.2, 0) is 4.74 Å². The zero-order valence-corrected chi connectivity index (χ0v) is 16.7. The first-order chi connectivity index (χ1) is 12.5. The van der Waals surface area contributed by atoms with Gasteiger partial charge in [-0.05, 0) is 32.8 Å². The second kappa shape index (κ2) is 7.95. The first-order valence-electron chi connectivity index (χ1n) is 8.57. The molecule has 1 heterocycles. The molecule has 10 heteroatoms. The summed E-state index contributed by atoms with van der Waals surface area (Å²) in [6.45, 7) is 9.23. The van der Waals surface area contributed by atoms with Gasteiger partial charge in [0.2, 0.25) is 0 Å². The molecule has 1 amide bonds. The monoisotopic (exact) mass is 393 g/mol. The van der Waals surface area contributed by atoms with Crippen molar-refractivity contribution in [2.75, 3.05) is 0 Å². The molecule has 0 radical (unpaired) electrons. The van der Waals surface area contributed by atoms with Crippen molar-refractivity contribution >= 4 is 40.0 Å². The summed E-state index contributed by atoms with van der Waals surface area (Å²) in [6, 6.07) is 3.68. The minimum absolute atomic E-state index is 0.0111. The van der Waals surface area contributed by atoms with Crippen LogP contribution in [-0.4, -0.2) is 42.6 Å². The molecule has 2 atom stereocenters. The third-order valence-corrected chi connectivity index (χ3v) is 4.43. The number of benzene rings is 1. The maximum atomic E-state index is 12.2. The maximum absolute atomic E-state index is 12.2. The molecule has 1 N–H and O–H groups in total. The highest BCUT2D eigenvalue weighted by atomic mass is 32.1. The van der Waals surface area contributed by atoms with Crippen molar-refractivity contribution in [2.45, 2.75) is 52.7 Å². The third kappa shape index (κ3) is 4.97. The average Bonchev–Trinajstić information content (AvgIpc) is 2.99. The molecule has 0 saturated heterocycles. The van der Waals surface area contributed by atoms with E-state index in [1.807, 2.05) is 13.8 Å². The van der Waals surface area contributed by atoms with Gasteiger partial charge in [-0.2, -0.15) is 0 Å². The second-order valence-electron chi connectivity index (χ2n) is 7.28. The van der Waals surface area contributed by atoms with E-state index in [2.05, 4.69) is 15.6 Å². The molecule has 0 aliphatic heterocycles. The lowest BCUT2D eigenvalue weighted by Gasteiger charge is -2.27. The summed E-state index contributed by atoms with van der Waals surface area (Å²) in [6.07, 6.45) is 0.151. The number of hydrogen-bond acceptors (Lipinski definition) is 7. The summed E-state index contributed by atoms with van der Waals surface area (Å²) in [5.74, 6) is -0.0111. The summed E-state index contributed by atoms with van der Waals surface area (Å²) in [5.41, 5.74) is 0.150. The largest absolute Gasteiger partial charge is 0.444 e. The molecule has 27 heavy (non-hydrogen) atoms. The van der Waals surface area contributed by atoms with Crippen molar-refractivity contribution in [3.05, 3.63) is 28.3 Å². The number of carbonyl (C=O) groups excluding carboxylic acids is 1. The van der Waals surface area contributed by atoms with Crippen molar-refractivity contribution in [1.29, 1.82) is 0 Å². The fourth-order valence-corrected chi connectivity index (χ4v) is 2.86. The number of amides is 1. The summed E-state index contributed by atoms with van der Waals surface area (Å²) >= 11 is 5.55. The van der Waals surface area contributed by atoms with Crippen LogP contribution in [0, 0.1) is 16.0 Å². The molecule has 1 aromatic heterocycles. The Hall–Kier alpha value is -2.62. The van der Waals surface area contributed by atoms with Crippen LogP contribution in [0.1, 0.15) is 41.0 Å². The molecule has 0 fully saturated rings. The standard InChI is InChI=1S/C17H23N5O4S/c1-6-10(2)14(18-16(23)26-17(3,4)5)15(27)21-13-9-11(22(24)25)7-8-12(13)19-20-21/h7-10,14H,6H2,1-5H3,(H,18,23). The number of hydrogen-bond donors (Lipinski definition) is 1. The average molecular weight is 393 g/mol. The quantitative estimate of drug-likeness (QED) is 0.470. The molecule has 2 aromatic rings. The molecule has 1 aromatic carbocycles. The number of nitrogens with one attached hydrogen (secondary N) is 1. The Kier molecular flexibility index (Phi) is 6.09. The number of nitro benzene ring substituents is 1. The zero-order chi connectivity index (χ0) is 20.4. The molecule has 0 aliphatic carbocycles. The number of carbonyl (C=O) groups is 1. The van der Waals surface area contributed by atoms with Gasteiger partial charge in [0.1, 0.15) is 21.6 Å². The molecule has 0 bridgehead atoms. The van der Waals surface area contributed by atoms with Crippen molar-refractivity contribution in [2.24, 2.45) is 5.92 Å². The van der Waals surface area contributed by atoms with Gasteiger partial charge in [-0.15, -0.1) is 5.10 Å². The van der Waals surface area contributed by atoms with Gasteiger partial charge in [0.05, 0.1) is 11.0 Å². The molecule has 0 spiro atoms. The van der Waals surface area contributed by atoms with Gasteiger partial charge in [0.25, 0.3) is 5.69 Å². The Morgan fingerprint density at radius 2 is 2.11 bits per heavy atom. The SMILES string of the molecule is CCC(C)C(NC(=O)OC(C)(C)C)C(=S)n1nnc2ccc([N+](=O)[O-])cc21. The smallest absolute Gasteiger partial charge is 0.408 e. The molecule has 0 saturated carbocycles. The number of aromatic nitrogens is 3. The lowest BCUT2D eigenvalue weighted by atomic mass is 9.99. The van der Waals surface area contributed by atoms with E-state index >= 15 is 0 Å². The number of non-ortho nitro benzene ring substituents is 1. The number of thiocarbonyl (C=S) groups is 1. The lowest BCUT2D eigenvalue weighted by Crippen LogP contribution is -2.48. The van der Waals surface area contributed by atoms with E-state index in [-0.39, 0.29) is 11.6 Å². The van der Waals surface area contributed by atoms with Gasteiger partial charge in [0.15, 0.2) is 0 Å². The van der Waals surface area contributed by atoms with E-state index in [1.54, 1.807) is 20.8 Å². The third-order valence-electron chi connectivity index (χ3n) is 4.00. The van der Waals surface area contributed by atoms with Gasteiger partial charge in [-0.25, -0.2) is 9.48 Å². The van der Waals surface area contributed by atoms with Crippen LogP contribution >= 0.6 is 12.2 Å². The topological polar surface area (TPSA) is 112 Å². The molecular formula is C17H23N5O4S. The molecule has 0 aliphatic rings. The summed E-state index contributed by atoms with van der Waals surface area (Å²) in [4.78, 5) is 23.1. The van der Waals surface area contributed by atoms with Crippen LogP contribution in [0.3, 0.4) is 0 Å². The number of fused-ring (bicyclic) bond motifs is 1. The van der Waals surface area contributed by atoms with E-state index in [1.165, 1.54) is 22.9 Å². The summed E-state index contributed by atoms with van der Waals surface area (Å²) in [7, 11) is 0. The van der Waals surface area contributed by atoms with E-state index in [0.717, 1.165) is 6.42 Å².